The minimum Gasteiger partial charge on any atom is -0.507 e. The minimum absolute atomic E-state index is 0.128. The second-order valence-electron chi connectivity index (χ2n) is 3.60. The highest BCUT2D eigenvalue weighted by atomic mass is 16.6. The molecular formula is C13H18O6. The number of phenolic OH excluding ortho intramolecular Hbond substituents is 1. The topological polar surface area (TPSA) is 74.2 Å². The zero-order chi connectivity index (χ0) is 14.1. The van der Waals surface area contributed by atoms with Gasteiger partial charge in [-0.15, -0.1) is 0 Å². The first-order valence-corrected chi connectivity index (χ1v) is 5.80. The average Bonchev–Trinajstić information content (AvgIpc) is 2.48. The van der Waals surface area contributed by atoms with Crippen molar-refractivity contribution in [1.82, 2.24) is 0 Å². The summed E-state index contributed by atoms with van der Waals surface area (Å²) >= 11 is 0. The van der Waals surface area contributed by atoms with Crippen molar-refractivity contribution in [2.75, 3.05) is 40.6 Å². The molecule has 0 amide bonds. The van der Waals surface area contributed by atoms with Crippen molar-refractivity contribution in [3.05, 3.63) is 23.8 Å². The fourth-order valence-corrected chi connectivity index (χ4v) is 1.36. The molecule has 0 radical (unpaired) electrons. The van der Waals surface area contributed by atoms with Gasteiger partial charge in [-0.25, -0.2) is 4.79 Å². The summed E-state index contributed by atoms with van der Waals surface area (Å²) in [5.41, 5.74) is 0.128. The van der Waals surface area contributed by atoms with Crippen LogP contribution in [-0.4, -0.2) is 51.7 Å². The van der Waals surface area contributed by atoms with Crippen molar-refractivity contribution >= 4 is 5.97 Å². The largest absolute Gasteiger partial charge is 0.507 e. The quantitative estimate of drug-likeness (QED) is 0.814. The van der Waals surface area contributed by atoms with Crippen LogP contribution in [0.4, 0.5) is 0 Å². The Morgan fingerprint density at radius 3 is 2.11 bits per heavy atom. The Kier molecular flexibility index (Phi) is 6.70. The van der Waals surface area contributed by atoms with Gasteiger partial charge in [0.1, 0.15) is 17.1 Å². The molecule has 0 spiro atoms. The first kappa shape index (κ1) is 15.3. The molecule has 6 heteroatoms. The number of aromatic hydroxyl groups is 1. The lowest BCUT2D eigenvalue weighted by Crippen LogP contribution is -2.16. The van der Waals surface area contributed by atoms with Gasteiger partial charge in [-0.05, 0) is 12.1 Å². The molecule has 0 saturated carbocycles. The Morgan fingerprint density at radius 1 is 1.16 bits per heavy atom. The highest BCUT2D eigenvalue weighted by molar-refractivity contribution is 5.92. The maximum atomic E-state index is 11.0. The molecule has 0 aromatic heterocycles. The number of esters is 1. The molecule has 0 atom stereocenters. The number of phenols is 1. The van der Waals surface area contributed by atoms with Crippen molar-refractivity contribution in [3.8, 4) is 11.5 Å². The molecular weight excluding hydrogens is 252 g/mol. The molecule has 0 aliphatic carbocycles. The predicted octanol–water partition coefficient (Wildman–Crippen LogP) is 1.22. The lowest BCUT2D eigenvalue weighted by atomic mass is 10.2. The van der Waals surface area contributed by atoms with Gasteiger partial charge < -0.3 is 24.1 Å². The van der Waals surface area contributed by atoms with Crippen LogP contribution >= 0.6 is 0 Å². The minimum atomic E-state index is -0.569. The van der Waals surface area contributed by atoms with E-state index in [2.05, 4.69) is 4.74 Å². The third kappa shape index (κ3) is 5.15. The number of carbonyl (C=O) groups excluding carboxylic acids is 1. The highest BCUT2D eigenvalue weighted by Gasteiger charge is 2.11. The van der Waals surface area contributed by atoms with Gasteiger partial charge in [0, 0.05) is 6.07 Å². The van der Waals surface area contributed by atoms with Crippen LogP contribution in [0.25, 0.3) is 0 Å². The molecule has 1 aromatic rings. The molecule has 6 nitrogen and oxygen atoms in total. The second kappa shape index (κ2) is 8.34. The first-order valence-electron chi connectivity index (χ1n) is 5.80. The Hall–Kier alpha value is -1.79. The fourth-order valence-electron chi connectivity index (χ4n) is 1.36. The molecule has 106 valence electrons. The van der Waals surface area contributed by atoms with E-state index in [1.54, 1.807) is 6.07 Å². The number of rotatable bonds is 2. The van der Waals surface area contributed by atoms with Crippen LogP contribution in [0, 0.1) is 0 Å². The standard InChI is InChI=1S/C9H10O4.C4H8O2/c1-12-6-3-4-7(8(10)5-6)9(11)13-2;1-2-6-4-3-5-1/h3-5,10H,1-2H3;1-4H2. The van der Waals surface area contributed by atoms with Gasteiger partial charge in [0.2, 0.25) is 0 Å². The van der Waals surface area contributed by atoms with Crippen molar-refractivity contribution in [2.45, 2.75) is 0 Å². The van der Waals surface area contributed by atoms with E-state index in [4.69, 9.17) is 14.2 Å². The molecule has 1 aromatic carbocycles. The van der Waals surface area contributed by atoms with E-state index in [-0.39, 0.29) is 11.3 Å². The van der Waals surface area contributed by atoms with Crippen LogP contribution in [0.1, 0.15) is 10.4 Å². The summed E-state index contributed by atoms with van der Waals surface area (Å²) in [4.78, 5) is 11.0. The molecule has 1 saturated heterocycles. The summed E-state index contributed by atoms with van der Waals surface area (Å²) in [6, 6.07) is 4.37. The highest BCUT2D eigenvalue weighted by Crippen LogP contribution is 2.23. The Morgan fingerprint density at radius 2 is 1.74 bits per heavy atom. The summed E-state index contributed by atoms with van der Waals surface area (Å²) in [6.07, 6.45) is 0. The number of methoxy groups -OCH3 is 2. The van der Waals surface area contributed by atoms with Gasteiger partial charge in [0.05, 0.1) is 40.6 Å². The van der Waals surface area contributed by atoms with Gasteiger partial charge in [-0.2, -0.15) is 0 Å². The molecule has 0 bridgehead atoms. The predicted molar refractivity (Wildman–Crippen MR) is 67.6 cm³/mol. The van der Waals surface area contributed by atoms with Crippen LogP contribution < -0.4 is 4.74 Å². The maximum absolute atomic E-state index is 11.0. The van der Waals surface area contributed by atoms with Gasteiger partial charge >= 0.3 is 5.97 Å². The number of ether oxygens (including phenoxy) is 4. The fraction of sp³-hybridized carbons (Fsp3) is 0.462. The Balaban J connectivity index is 0.000000250. The number of hydrogen-bond donors (Lipinski definition) is 1. The van der Waals surface area contributed by atoms with E-state index in [0.29, 0.717) is 5.75 Å². The lowest BCUT2D eigenvalue weighted by molar-refractivity contribution is -0.0334. The number of carbonyl (C=O) groups is 1. The second-order valence-corrected chi connectivity index (χ2v) is 3.60. The Labute approximate surface area is 111 Å². The summed E-state index contributed by atoms with van der Waals surface area (Å²) in [5.74, 6) is -0.225. The molecule has 19 heavy (non-hydrogen) atoms. The third-order valence-corrected chi connectivity index (χ3v) is 2.35. The monoisotopic (exact) mass is 270 g/mol. The summed E-state index contributed by atoms with van der Waals surface area (Å²) < 4.78 is 19.2. The van der Waals surface area contributed by atoms with Crippen LogP contribution in [0.5, 0.6) is 11.5 Å². The average molecular weight is 270 g/mol. The first-order chi connectivity index (χ1) is 9.19. The van der Waals surface area contributed by atoms with Crippen LogP contribution in [0.2, 0.25) is 0 Å². The number of hydrogen-bond acceptors (Lipinski definition) is 6. The molecule has 1 fully saturated rings. The van der Waals surface area contributed by atoms with Crippen LogP contribution in [-0.2, 0) is 14.2 Å². The van der Waals surface area contributed by atoms with E-state index < -0.39 is 5.97 Å². The lowest BCUT2D eigenvalue weighted by Gasteiger charge is -2.09. The summed E-state index contributed by atoms with van der Waals surface area (Å²) in [6.45, 7) is 3.11. The van der Waals surface area contributed by atoms with Crippen molar-refractivity contribution < 1.29 is 28.8 Å². The van der Waals surface area contributed by atoms with Crippen molar-refractivity contribution in [3.63, 3.8) is 0 Å². The van der Waals surface area contributed by atoms with Crippen molar-refractivity contribution in [1.29, 1.82) is 0 Å². The van der Waals surface area contributed by atoms with E-state index >= 15 is 0 Å². The normalized spacial score (nSPS) is 14.0. The Bertz CT molecular complexity index is 389. The van der Waals surface area contributed by atoms with E-state index in [9.17, 15) is 9.90 Å². The van der Waals surface area contributed by atoms with Gasteiger partial charge in [-0.3, -0.25) is 0 Å². The smallest absolute Gasteiger partial charge is 0.341 e. The third-order valence-electron chi connectivity index (χ3n) is 2.35. The van der Waals surface area contributed by atoms with E-state index in [1.807, 2.05) is 0 Å². The molecule has 0 unspecified atom stereocenters. The SMILES string of the molecule is C1COCCO1.COC(=O)c1ccc(OC)cc1O. The van der Waals surface area contributed by atoms with Gasteiger partial charge in [0.15, 0.2) is 0 Å². The van der Waals surface area contributed by atoms with E-state index in [0.717, 1.165) is 26.4 Å². The molecule has 1 aliphatic heterocycles. The molecule has 1 N–H and O–H groups in total. The van der Waals surface area contributed by atoms with Crippen LogP contribution in [0.15, 0.2) is 18.2 Å². The zero-order valence-corrected chi connectivity index (χ0v) is 11.0. The van der Waals surface area contributed by atoms with Gasteiger partial charge in [-0.1, -0.05) is 0 Å². The number of benzene rings is 1. The van der Waals surface area contributed by atoms with E-state index in [1.165, 1.54) is 26.4 Å². The molecule has 2 rings (SSSR count). The zero-order valence-electron chi connectivity index (χ0n) is 11.0. The summed E-state index contributed by atoms with van der Waals surface area (Å²) in [5, 5.41) is 9.34. The van der Waals surface area contributed by atoms with Crippen molar-refractivity contribution in [2.24, 2.45) is 0 Å². The van der Waals surface area contributed by atoms with Gasteiger partial charge in [0.25, 0.3) is 0 Å². The van der Waals surface area contributed by atoms with Crippen LogP contribution in [0.3, 0.4) is 0 Å². The maximum Gasteiger partial charge on any atom is 0.341 e. The molecule has 1 aliphatic rings. The molecule has 1 heterocycles. The summed E-state index contributed by atoms with van der Waals surface area (Å²) in [7, 11) is 2.73.